The SMILES string of the molecule is COc1ccc(Br)cc1NC(=O)C1C(C(=O)O)C1(C)C. The molecule has 1 fully saturated rings. The van der Waals surface area contributed by atoms with Crippen LogP contribution in [0.3, 0.4) is 0 Å². The maximum Gasteiger partial charge on any atom is 0.307 e. The number of hydrogen-bond acceptors (Lipinski definition) is 3. The minimum absolute atomic E-state index is 0.293. The monoisotopic (exact) mass is 341 g/mol. The molecule has 2 N–H and O–H groups in total. The summed E-state index contributed by atoms with van der Waals surface area (Å²) in [6, 6.07) is 5.25. The van der Waals surface area contributed by atoms with E-state index >= 15 is 0 Å². The van der Waals surface area contributed by atoms with Crippen molar-refractivity contribution in [3.63, 3.8) is 0 Å². The number of ether oxygens (including phenoxy) is 1. The van der Waals surface area contributed by atoms with E-state index in [0.29, 0.717) is 11.4 Å². The van der Waals surface area contributed by atoms with Crippen LogP contribution in [0.1, 0.15) is 13.8 Å². The van der Waals surface area contributed by atoms with Gasteiger partial charge >= 0.3 is 5.97 Å². The van der Waals surface area contributed by atoms with Gasteiger partial charge in [0.1, 0.15) is 5.75 Å². The highest BCUT2D eigenvalue weighted by atomic mass is 79.9. The van der Waals surface area contributed by atoms with Crippen LogP contribution in [0.4, 0.5) is 5.69 Å². The Kier molecular flexibility index (Phi) is 3.77. The van der Waals surface area contributed by atoms with Gasteiger partial charge in [0.05, 0.1) is 24.6 Å². The molecule has 1 amide bonds. The predicted molar refractivity (Wildman–Crippen MR) is 77.7 cm³/mol. The van der Waals surface area contributed by atoms with Crippen LogP contribution in [0.25, 0.3) is 0 Å². The highest BCUT2D eigenvalue weighted by Gasteiger charge is 2.65. The molecule has 1 aliphatic rings. The number of carbonyl (C=O) groups excluding carboxylic acids is 1. The number of carbonyl (C=O) groups is 2. The molecule has 2 rings (SSSR count). The highest BCUT2D eigenvalue weighted by Crippen LogP contribution is 2.58. The molecule has 1 saturated carbocycles. The summed E-state index contributed by atoms with van der Waals surface area (Å²) >= 11 is 3.32. The number of anilines is 1. The Labute approximate surface area is 125 Å². The molecule has 0 aliphatic heterocycles. The summed E-state index contributed by atoms with van der Waals surface area (Å²) in [6.45, 7) is 3.57. The number of carboxylic acids is 1. The third-order valence-corrected chi connectivity index (χ3v) is 4.29. The second-order valence-electron chi connectivity index (χ2n) is 5.45. The molecule has 0 spiro atoms. The van der Waals surface area contributed by atoms with Gasteiger partial charge in [0.15, 0.2) is 0 Å². The average Bonchev–Trinajstić information content (AvgIpc) is 2.93. The third-order valence-electron chi connectivity index (χ3n) is 3.80. The fraction of sp³-hybridized carbons (Fsp3) is 0.429. The maximum absolute atomic E-state index is 12.2. The van der Waals surface area contributed by atoms with E-state index in [-0.39, 0.29) is 5.91 Å². The molecule has 6 heteroatoms. The Morgan fingerprint density at radius 2 is 2.00 bits per heavy atom. The quantitative estimate of drug-likeness (QED) is 0.882. The number of rotatable bonds is 4. The third kappa shape index (κ3) is 2.52. The van der Waals surface area contributed by atoms with Crippen molar-refractivity contribution in [1.82, 2.24) is 0 Å². The average molecular weight is 342 g/mol. The van der Waals surface area contributed by atoms with Crippen LogP contribution in [0.2, 0.25) is 0 Å². The van der Waals surface area contributed by atoms with E-state index < -0.39 is 23.2 Å². The van der Waals surface area contributed by atoms with Crippen molar-refractivity contribution in [3.05, 3.63) is 22.7 Å². The Morgan fingerprint density at radius 1 is 1.35 bits per heavy atom. The number of nitrogens with one attached hydrogen (secondary N) is 1. The Morgan fingerprint density at radius 3 is 2.50 bits per heavy atom. The molecular weight excluding hydrogens is 326 g/mol. The molecule has 20 heavy (non-hydrogen) atoms. The van der Waals surface area contributed by atoms with Crippen molar-refractivity contribution >= 4 is 33.5 Å². The highest BCUT2D eigenvalue weighted by molar-refractivity contribution is 9.10. The molecule has 0 radical (unpaired) electrons. The van der Waals surface area contributed by atoms with Crippen LogP contribution in [-0.2, 0) is 9.59 Å². The fourth-order valence-corrected chi connectivity index (χ4v) is 2.94. The van der Waals surface area contributed by atoms with E-state index in [4.69, 9.17) is 9.84 Å². The van der Waals surface area contributed by atoms with Crippen molar-refractivity contribution in [1.29, 1.82) is 0 Å². The summed E-state index contributed by atoms with van der Waals surface area (Å²) in [5.41, 5.74) is 0.00790. The van der Waals surface area contributed by atoms with Crippen LogP contribution in [0, 0.1) is 17.3 Å². The lowest BCUT2D eigenvalue weighted by molar-refractivity contribution is -0.140. The minimum Gasteiger partial charge on any atom is -0.495 e. The van der Waals surface area contributed by atoms with Gasteiger partial charge in [0, 0.05) is 4.47 Å². The Balaban J connectivity index is 2.18. The smallest absolute Gasteiger partial charge is 0.307 e. The zero-order chi connectivity index (χ0) is 15.1. The molecular formula is C14H16BrNO4. The van der Waals surface area contributed by atoms with Gasteiger partial charge in [-0.2, -0.15) is 0 Å². The van der Waals surface area contributed by atoms with E-state index in [9.17, 15) is 9.59 Å². The number of benzene rings is 1. The van der Waals surface area contributed by atoms with E-state index in [2.05, 4.69) is 21.2 Å². The maximum atomic E-state index is 12.2. The van der Waals surface area contributed by atoms with Gasteiger partial charge in [-0.25, -0.2) is 0 Å². The van der Waals surface area contributed by atoms with Gasteiger partial charge in [-0.1, -0.05) is 29.8 Å². The van der Waals surface area contributed by atoms with Crippen LogP contribution in [0.15, 0.2) is 22.7 Å². The number of aliphatic carboxylic acids is 1. The number of carboxylic acid groups (broad SMARTS) is 1. The van der Waals surface area contributed by atoms with Crippen molar-refractivity contribution in [3.8, 4) is 5.75 Å². The van der Waals surface area contributed by atoms with Gasteiger partial charge < -0.3 is 15.2 Å². The van der Waals surface area contributed by atoms with Crippen molar-refractivity contribution in [2.24, 2.45) is 17.3 Å². The van der Waals surface area contributed by atoms with Gasteiger partial charge in [-0.05, 0) is 23.6 Å². The summed E-state index contributed by atoms with van der Waals surface area (Å²) in [4.78, 5) is 23.3. The predicted octanol–water partition coefficient (Wildman–Crippen LogP) is 2.75. The standard InChI is InChI=1S/C14H16BrNO4/c1-14(2)10(11(14)13(18)19)12(17)16-8-6-7(15)4-5-9(8)20-3/h4-6,10-11H,1-3H3,(H,16,17)(H,18,19). The molecule has 2 atom stereocenters. The first-order chi connectivity index (χ1) is 9.28. The molecule has 108 valence electrons. The second-order valence-corrected chi connectivity index (χ2v) is 6.36. The van der Waals surface area contributed by atoms with Gasteiger partial charge in [-0.15, -0.1) is 0 Å². The van der Waals surface area contributed by atoms with Crippen molar-refractivity contribution in [2.45, 2.75) is 13.8 Å². The van der Waals surface area contributed by atoms with Crippen LogP contribution < -0.4 is 10.1 Å². The van der Waals surface area contributed by atoms with E-state index in [0.717, 1.165) is 4.47 Å². The summed E-state index contributed by atoms with van der Waals surface area (Å²) < 4.78 is 5.98. The van der Waals surface area contributed by atoms with E-state index in [1.54, 1.807) is 32.0 Å². The first-order valence-corrected chi connectivity index (χ1v) is 6.95. The summed E-state index contributed by atoms with van der Waals surface area (Å²) in [5.74, 6) is -1.86. The van der Waals surface area contributed by atoms with Crippen molar-refractivity contribution < 1.29 is 19.4 Å². The normalized spacial score (nSPS) is 23.0. The molecule has 5 nitrogen and oxygen atoms in total. The molecule has 0 saturated heterocycles. The lowest BCUT2D eigenvalue weighted by atomic mass is 10.1. The van der Waals surface area contributed by atoms with Crippen LogP contribution in [-0.4, -0.2) is 24.1 Å². The first-order valence-electron chi connectivity index (χ1n) is 6.16. The fourth-order valence-electron chi connectivity index (χ4n) is 2.58. The molecule has 2 unspecified atom stereocenters. The van der Waals surface area contributed by atoms with Crippen LogP contribution in [0.5, 0.6) is 5.75 Å². The molecule has 1 aromatic rings. The summed E-state index contributed by atoms with van der Waals surface area (Å²) in [7, 11) is 1.51. The molecule has 0 bridgehead atoms. The van der Waals surface area contributed by atoms with E-state index in [1.807, 2.05) is 0 Å². The van der Waals surface area contributed by atoms with Gasteiger partial charge in [0.25, 0.3) is 0 Å². The molecule has 0 heterocycles. The Hall–Kier alpha value is -1.56. The van der Waals surface area contributed by atoms with Crippen LogP contribution >= 0.6 is 15.9 Å². The number of halogens is 1. The first kappa shape index (κ1) is 14.8. The largest absolute Gasteiger partial charge is 0.495 e. The van der Waals surface area contributed by atoms with Gasteiger partial charge in [0.2, 0.25) is 5.91 Å². The second kappa shape index (κ2) is 5.09. The molecule has 1 aliphatic carbocycles. The summed E-state index contributed by atoms with van der Waals surface area (Å²) in [6.07, 6.45) is 0. The molecule has 1 aromatic carbocycles. The zero-order valence-corrected chi connectivity index (χ0v) is 13.0. The lowest BCUT2D eigenvalue weighted by Gasteiger charge is -2.11. The lowest BCUT2D eigenvalue weighted by Crippen LogP contribution is -2.18. The Bertz CT molecular complexity index is 570. The number of methoxy groups -OCH3 is 1. The zero-order valence-electron chi connectivity index (χ0n) is 11.4. The molecule has 0 aromatic heterocycles. The minimum atomic E-state index is -0.934. The summed E-state index contributed by atoms with van der Waals surface area (Å²) in [5, 5.41) is 11.9. The van der Waals surface area contributed by atoms with E-state index in [1.165, 1.54) is 7.11 Å². The van der Waals surface area contributed by atoms with Crippen molar-refractivity contribution in [2.75, 3.05) is 12.4 Å². The number of amides is 1. The van der Waals surface area contributed by atoms with Gasteiger partial charge in [-0.3, -0.25) is 9.59 Å². The topological polar surface area (TPSA) is 75.6 Å². The number of hydrogen-bond donors (Lipinski definition) is 2.